The van der Waals surface area contributed by atoms with Crippen molar-refractivity contribution in [3.05, 3.63) is 29.6 Å². The summed E-state index contributed by atoms with van der Waals surface area (Å²) in [7, 11) is 0. The van der Waals surface area contributed by atoms with Gasteiger partial charge >= 0.3 is 5.97 Å². The molecule has 2 aliphatic heterocycles. The highest BCUT2D eigenvalue weighted by Crippen LogP contribution is 2.20. The largest absolute Gasteiger partial charge is 0.481 e. The Morgan fingerprint density at radius 2 is 2.00 bits per heavy atom. The SMILES string of the molecule is CC(=O)N1CC(C(=O)O)CN2CCN(Cc3cccc(C)n3)CC2C1. The summed E-state index contributed by atoms with van der Waals surface area (Å²) >= 11 is 0. The summed E-state index contributed by atoms with van der Waals surface area (Å²) in [4.78, 5) is 34.2. The number of carboxylic acids is 1. The van der Waals surface area contributed by atoms with Gasteiger partial charge in [0.1, 0.15) is 0 Å². The van der Waals surface area contributed by atoms with Gasteiger partial charge in [0.25, 0.3) is 0 Å². The van der Waals surface area contributed by atoms with Crippen molar-refractivity contribution in [2.24, 2.45) is 5.92 Å². The van der Waals surface area contributed by atoms with Gasteiger partial charge in [-0.05, 0) is 19.1 Å². The number of rotatable bonds is 3. The molecule has 7 heteroatoms. The molecule has 2 atom stereocenters. The predicted molar refractivity (Wildman–Crippen MR) is 93.0 cm³/mol. The fourth-order valence-corrected chi connectivity index (χ4v) is 3.78. The lowest BCUT2D eigenvalue weighted by molar-refractivity contribution is -0.143. The van der Waals surface area contributed by atoms with E-state index < -0.39 is 11.9 Å². The molecular formula is C18H26N4O3. The van der Waals surface area contributed by atoms with Gasteiger partial charge < -0.3 is 10.0 Å². The van der Waals surface area contributed by atoms with E-state index in [1.54, 1.807) is 4.90 Å². The molecule has 2 unspecified atom stereocenters. The van der Waals surface area contributed by atoms with Crippen LogP contribution in [-0.2, 0) is 16.1 Å². The molecule has 2 saturated heterocycles. The Bertz CT molecular complexity index is 651. The molecule has 1 amide bonds. The topological polar surface area (TPSA) is 77.0 Å². The minimum Gasteiger partial charge on any atom is -0.481 e. The second kappa shape index (κ2) is 7.49. The smallest absolute Gasteiger partial charge is 0.309 e. The lowest BCUT2D eigenvalue weighted by atomic mass is 10.1. The average molecular weight is 346 g/mol. The second-order valence-electron chi connectivity index (χ2n) is 7.11. The predicted octanol–water partition coefficient (Wildman–Crippen LogP) is 0.439. The van der Waals surface area contributed by atoms with Crippen LogP contribution < -0.4 is 0 Å². The molecule has 3 rings (SSSR count). The number of fused-ring (bicyclic) bond motifs is 1. The zero-order valence-electron chi connectivity index (χ0n) is 14.9. The number of carbonyl (C=O) groups is 2. The molecule has 0 radical (unpaired) electrons. The molecule has 0 saturated carbocycles. The minimum absolute atomic E-state index is 0.0504. The molecule has 2 fully saturated rings. The average Bonchev–Trinajstić information content (AvgIpc) is 2.74. The molecule has 25 heavy (non-hydrogen) atoms. The van der Waals surface area contributed by atoms with E-state index in [1.807, 2.05) is 25.1 Å². The molecule has 3 heterocycles. The van der Waals surface area contributed by atoms with Crippen molar-refractivity contribution in [2.45, 2.75) is 26.4 Å². The van der Waals surface area contributed by atoms with E-state index in [0.29, 0.717) is 19.6 Å². The van der Waals surface area contributed by atoms with Crippen LogP contribution in [0.15, 0.2) is 18.2 Å². The van der Waals surface area contributed by atoms with Crippen molar-refractivity contribution in [3.63, 3.8) is 0 Å². The number of hydrogen-bond donors (Lipinski definition) is 1. The quantitative estimate of drug-likeness (QED) is 0.856. The van der Waals surface area contributed by atoms with Gasteiger partial charge in [-0.15, -0.1) is 0 Å². The summed E-state index contributed by atoms with van der Waals surface area (Å²) in [6.07, 6.45) is 0. The van der Waals surface area contributed by atoms with Crippen LogP contribution in [-0.4, -0.2) is 82.0 Å². The van der Waals surface area contributed by atoms with E-state index in [1.165, 1.54) is 6.92 Å². The number of amides is 1. The van der Waals surface area contributed by atoms with Gasteiger partial charge in [0.05, 0.1) is 11.6 Å². The normalized spacial score (nSPS) is 25.3. The van der Waals surface area contributed by atoms with E-state index in [4.69, 9.17) is 0 Å². The Hall–Kier alpha value is -1.99. The Morgan fingerprint density at radius 1 is 1.20 bits per heavy atom. The summed E-state index contributed by atoms with van der Waals surface area (Å²) < 4.78 is 0. The first-order valence-electron chi connectivity index (χ1n) is 8.79. The standard InChI is InChI=1S/C18H26N4O3/c1-13-4-3-5-16(19-13)10-20-6-7-21-8-15(18(24)25)9-22(14(2)23)12-17(21)11-20/h3-5,15,17H,6-12H2,1-2H3,(H,24,25). The second-order valence-corrected chi connectivity index (χ2v) is 7.11. The molecule has 1 N–H and O–H groups in total. The number of carboxylic acid groups (broad SMARTS) is 1. The Morgan fingerprint density at radius 3 is 2.68 bits per heavy atom. The highest BCUT2D eigenvalue weighted by molar-refractivity contribution is 5.75. The van der Waals surface area contributed by atoms with Crippen LogP contribution in [0.3, 0.4) is 0 Å². The van der Waals surface area contributed by atoms with Gasteiger partial charge in [-0.1, -0.05) is 6.07 Å². The van der Waals surface area contributed by atoms with Crippen LogP contribution in [0.25, 0.3) is 0 Å². The van der Waals surface area contributed by atoms with Crippen molar-refractivity contribution < 1.29 is 14.7 Å². The van der Waals surface area contributed by atoms with Gasteiger partial charge in [0.15, 0.2) is 0 Å². The number of carbonyl (C=O) groups excluding carboxylic acids is 1. The third-order valence-corrected chi connectivity index (χ3v) is 5.14. The van der Waals surface area contributed by atoms with Crippen LogP contribution in [0.2, 0.25) is 0 Å². The van der Waals surface area contributed by atoms with Gasteiger partial charge in [0, 0.05) is 64.5 Å². The first-order chi connectivity index (χ1) is 11.9. The van der Waals surface area contributed by atoms with Gasteiger partial charge in [-0.25, -0.2) is 0 Å². The molecule has 2 aliphatic rings. The summed E-state index contributed by atoms with van der Waals surface area (Å²) in [5, 5.41) is 9.44. The van der Waals surface area contributed by atoms with Crippen molar-refractivity contribution >= 4 is 11.9 Å². The maximum Gasteiger partial charge on any atom is 0.309 e. The number of pyridine rings is 1. The maximum atomic E-state index is 11.9. The molecule has 7 nitrogen and oxygen atoms in total. The van der Waals surface area contributed by atoms with Crippen LogP contribution >= 0.6 is 0 Å². The van der Waals surface area contributed by atoms with E-state index in [-0.39, 0.29) is 11.9 Å². The number of nitrogens with zero attached hydrogens (tertiary/aromatic N) is 4. The van der Waals surface area contributed by atoms with E-state index in [9.17, 15) is 14.7 Å². The van der Waals surface area contributed by atoms with Crippen LogP contribution in [0, 0.1) is 12.8 Å². The van der Waals surface area contributed by atoms with E-state index in [2.05, 4.69) is 14.8 Å². The van der Waals surface area contributed by atoms with Crippen LogP contribution in [0.1, 0.15) is 18.3 Å². The summed E-state index contributed by atoms with van der Waals surface area (Å²) in [5.41, 5.74) is 2.06. The lowest BCUT2D eigenvalue weighted by Gasteiger charge is -2.41. The highest BCUT2D eigenvalue weighted by Gasteiger charge is 2.37. The monoisotopic (exact) mass is 346 g/mol. The number of aryl methyl sites for hydroxylation is 1. The Kier molecular flexibility index (Phi) is 5.34. The third kappa shape index (κ3) is 4.35. The van der Waals surface area contributed by atoms with Gasteiger partial charge in [-0.3, -0.25) is 24.4 Å². The molecule has 0 aliphatic carbocycles. The lowest BCUT2D eigenvalue weighted by Crippen LogP contribution is -2.55. The fraction of sp³-hybridized carbons (Fsp3) is 0.611. The summed E-state index contributed by atoms with van der Waals surface area (Å²) in [5.74, 6) is -1.39. The molecule has 0 bridgehead atoms. The third-order valence-electron chi connectivity index (χ3n) is 5.14. The maximum absolute atomic E-state index is 11.9. The van der Waals surface area contributed by atoms with Crippen molar-refractivity contribution in [1.82, 2.24) is 19.7 Å². The molecule has 0 spiro atoms. The number of aromatic nitrogens is 1. The summed E-state index contributed by atoms with van der Waals surface area (Å²) in [6, 6.07) is 6.22. The Labute approximate surface area is 148 Å². The molecular weight excluding hydrogens is 320 g/mol. The summed E-state index contributed by atoms with van der Waals surface area (Å²) in [6.45, 7) is 8.24. The minimum atomic E-state index is -0.821. The van der Waals surface area contributed by atoms with Gasteiger partial charge in [-0.2, -0.15) is 0 Å². The van der Waals surface area contributed by atoms with E-state index in [0.717, 1.165) is 37.6 Å². The number of hydrogen-bond acceptors (Lipinski definition) is 5. The van der Waals surface area contributed by atoms with E-state index >= 15 is 0 Å². The van der Waals surface area contributed by atoms with Crippen molar-refractivity contribution in [2.75, 3.05) is 39.3 Å². The van der Waals surface area contributed by atoms with Crippen LogP contribution in [0.4, 0.5) is 0 Å². The van der Waals surface area contributed by atoms with Crippen LogP contribution in [0.5, 0.6) is 0 Å². The first-order valence-corrected chi connectivity index (χ1v) is 8.79. The molecule has 0 aromatic carbocycles. The zero-order valence-corrected chi connectivity index (χ0v) is 14.9. The molecule has 1 aromatic rings. The van der Waals surface area contributed by atoms with Crippen molar-refractivity contribution in [3.8, 4) is 0 Å². The zero-order chi connectivity index (χ0) is 18.0. The molecule has 1 aromatic heterocycles. The van der Waals surface area contributed by atoms with Gasteiger partial charge in [0.2, 0.25) is 5.91 Å². The first kappa shape index (κ1) is 17.8. The fourth-order valence-electron chi connectivity index (χ4n) is 3.78. The Balaban J connectivity index is 1.70. The number of aliphatic carboxylic acids is 1. The highest BCUT2D eigenvalue weighted by atomic mass is 16.4. The molecule has 136 valence electrons. The number of piperazine rings is 1. The van der Waals surface area contributed by atoms with Crippen molar-refractivity contribution in [1.29, 1.82) is 0 Å².